The molecule has 3 nitrogen and oxygen atoms in total. The van der Waals surface area contributed by atoms with Crippen LogP contribution >= 0.6 is 31.9 Å². The normalized spacial score (nSPS) is 12.7. The molecule has 0 aliphatic heterocycles. The molecule has 0 aliphatic carbocycles. The highest BCUT2D eigenvalue weighted by molar-refractivity contribution is 9.10. The van der Waals surface area contributed by atoms with Crippen LogP contribution in [-0.4, -0.2) is 15.8 Å². The van der Waals surface area contributed by atoms with E-state index in [4.69, 9.17) is 5.73 Å². The Balaban J connectivity index is 2.45. The van der Waals surface area contributed by atoms with Crippen molar-refractivity contribution in [3.05, 3.63) is 45.1 Å². The summed E-state index contributed by atoms with van der Waals surface area (Å²) in [6.07, 6.45) is 4.54. The Kier molecular flexibility index (Phi) is 4.01. The average Bonchev–Trinajstić information content (AvgIpc) is 2.64. The van der Waals surface area contributed by atoms with Crippen LogP contribution in [0.15, 0.2) is 39.5 Å². The van der Waals surface area contributed by atoms with Crippen molar-refractivity contribution in [3.8, 4) is 5.69 Å². The highest BCUT2D eigenvalue weighted by atomic mass is 79.9. The number of hydrogen-bond donors (Lipinski definition) is 1. The molecule has 1 aromatic carbocycles. The molecule has 0 radical (unpaired) electrons. The molecule has 90 valence electrons. The molecule has 2 aromatic rings. The van der Waals surface area contributed by atoms with Gasteiger partial charge in [0, 0.05) is 16.7 Å². The van der Waals surface area contributed by atoms with Crippen LogP contribution in [0.25, 0.3) is 5.69 Å². The summed E-state index contributed by atoms with van der Waals surface area (Å²) in [6, 6.07) is 6.27. The fourth-order valence-electron chi connectivity index (χ4n) is 1.72. The zero-order valence-electron chi connectivity index (χ0n) is 9.40. The molecular weight excluding hydrogens is 346 g/mol. The van der Waals surface area contributed by atoms with Crippen LogP contribution in [0.1, 0.15) is 12.5 Å². The summed E-state index contributed by atoms with van der Waals surface area (Å²) in [7, 11) is 0. The van der Waals surface area contributed by atoms with Crippen molar-refractivity contribution in [1.29, 1.82) is 0 Å². The van der Waals surface area contributed by atoms with E-state index in [-0.39, 0.29) is 6.04 Å². The van der Waals surface area contributed by atoms with Gasteiger partial charge in [-0.05, 0) is 53.0 Å². The summed E-state index contributed by atoms with van der Waals surface area (Å²) in [5, 5.41) is 4.30. The monoisotopic (exact) mass is 357 g/mol. The van der Waals surface area contributed by atoms with Crippen molar-refractivity contribution in [3.63, 3.8) is 0 Å². The van der Waals surface area contributed by atoms with Crippen molar-refractivity contribution in [2.24, 2.45) is 5.73 Å². The molecule has 1 heterocycles. The molecule has 0 aliphatic rings. The van der Waals surface area contributed by atoms with E-state index in [1.807, 2.05) is 29.9 Å². The lowest BCUT2D eigenvalue weighted by molar-refractivity contribution is 0.727. The summed E-state index contributed by atoms with van der Waals surface area (Å²) >= 11 is 6.89. The summed E-state index contributed by atoms with van der Waals surface area (Å²) in [5.41, 5.74) is 8.12. The zero-order valence-corrected chi connectivity index (χ0v) is 12.6. The highest BCUT2D eigenvalue weighted by Crippen LogP contribution is 2.22. The second-order valence-corrected chi connectivity index (χ2v) is 5.89. The van der Waals surface area contributed by atoms with Gasteiger partial charge in [-0.15, -0.1) is 0 Å². The van der Waals surface area contributed by atoms with Crippen LogP contribution in [0.3, 0.4) is 0 Å². The van der Waals surface area contributed by atoms with E-state index in [2.05, 4.69) is 43.0 Å². The molecule has 2 rings (SSSR count). The topological polar surface area (TPSA) is 43.8 Å². The molecule has 17 heavy (non-hydrogen) atoms. The smallest absolute Gasteiger partial charge is 0.0679 e. The molecule has 0 fully saturated rings. The molecule has 0 amide bonds. The predicted octanol–water partition coefficient (Wildman–Crippen LogP) is 3.29. The molecule has 2 N–H and O–H groups in total. The molecule has 0 bridgehead atoms. The molecule has 1 aromatic heterocycles. The number of hydrogen-bond acceptors (Lipinski definition) is 2. The Hall–Kier alpha value is -0.650. The highest BCUT2D eigenvalue weighted by Gasteiger charge is 2.08. The maximum Gasteiger partial charge on any atom is 0.0679 e. The third kappa shape index (κ3) is 3.18. The number of nitrogens with zero attached hydrogens (tertiary/aromatic N) is 2. The lowest BCUT2D eigenvalue weighted by atomic mass is 10.1. The number of nitrogens with two attached hydrogens (primary N) is 1. The Bertz CT molecular complexity index is 520. The SMILES string of the molecule is CC(N)Cc1cc(Br)ccc1-n1cc(Br)cn1. The molecular formula is C12H13Br2N3. The summed E-state index contributed by atoms with van der Waals surface area (Å²) in [5.74, 6) is 0. The van der Waals surface area contributed by atoms with Crippen LogP contribution in [0.2, 0.25) is 0 Å². The predicted molar refractivity (Wildman–Crippen MR) is 76.3 cm³/mol. The van der Waals surface area contributed by atoms with Crippen molar-refractivity contribution in [2.45, 2.75) is 19.4 Å². The molecule has 1 atom stereocenters. The van der Waals surface area contributed by atoms with Gasteiger partial charge in [-0.3, -0.25) is 0 Å². The minimum atomic E-state index is 0.127. The minimum Gasteiger partial charge on any atom is -0.328 e. The Morgan fingerprint density at radius 2 is 2.12 bits per heavy atom. The van der Waals surface area contributed by atoms with Crippen molar-refractivity contribution in [1.82, 2.24) is 9.78 Å². The number of halogens is 2. The first-order valence-corrected chi connectivity index (χ1v) is 6.89. The molecule has 0 saturated carbocycles. The second-order valence-electron chi connectivity index (χ2n) is 4.06. The molecule has 0 saturated heterocycles. The molecule has 5 heteroatoms. The number of aromatic nitrogens is 2. The van der Waals surface area contributed by atoms with Gasteiger partial charge in [0.25, 0.3) is 0 Å². The lowest BCUT2D eigenvalue weighted by Crippen LogP contribution is -2.19. The van der Waals surface area contributed by atoms with Gasteiger partial charge in [-0.25, -0.2) is 4.68 Å². The van der Waals surface area contributed by atoms with E-state index >= 15 is 0 Å². The summed E-state index contributed by atoms with van der Waals surface area (Å²) in [4.78, 5) is 0. The number of benzene rings is 1. The Morgan fingerprint density at radius 1 is 1.35 bits per heavy atom. The van der Waals surface area contributed by atoms with E-state index in [1.165, 1.54) is 5.56 Å². The first kappa shape index (κ1) is 12.8. The van der Waals surface area contributed by atoms with Gasteiger partial charge in [0.05, 0.1) is 16.4 Å². The maximum absolute atomic E-state index is 5.87. The van der Waals surface area contributed by atoms with E-state index < -0.39 is 0 Å². The first-order valence-electron chi connectivity index (χ1n) is 5.31. The Labute approximate surface area is 117 Å². The summed E-state index contributed by atoms with van der Waals surface area (Å²) < 4.78 is 3.88. The fraction of sp³-hybridized carbons (Fsp3) is 0.250. The van der Waals surface area contributed by atoms with Gasteiger partial charge in [0.2, 0.25) is 0 Å². The van der Waals surface area contributed by atoms with Gasteiger partial charge in [-0.1, -0.05) is 15.9 Å². The first-order chi connectivity index (χ1) is 8.06. The maximum atomic E-state index is 5.87. The van der Waals surface area contributed by atoms with Crippen molar-refractivity contribution < 1.29 is 0 Å². The van der Waals surface area contributed by atoms with Gasteiger partial charge in [0.1, 0.15) is 0 Å². The van der Waals surface area contributed by atoms with Crippen molar-refractivity contribution in [2.75, 3.05) is 0 Å². The zero-order chi connectivity index (χ0) is 12.4. The van der Waals surface area contributed by atoms with Crippen molar-refractivity contribution >= 4 is 31.9 Å². The van der Waals surface area contributed by atoms with Gasteiger partial charge in [0.15, 0.2) is 0 Å². The number of rotatable bonds is 3. The molecule has 1 unspecified atom stereocenters. The van der Waals surface area contributed by atoms with E-state index in [1.54, 1.807) is 6.20 Å². The Morgan fingerprint density at radius 3 is 2.71 bits per heavy atom. The van der Waals surface area contributed by atoms with Crippen LogP contribution in [0.5, 0.6) is 0 Å². The largest absolute Gasteiger partial charge is 0.328 e. The fourth-order valence-corrected chi connectivity index (χ4v) is 2.41. The minimum absolute atomic E-state index is 0.127. The van der Waals surface area contributed by atoms with Gasteiger partial charge in [-0.2, -0.15) is 5.10 Å². The standard InChI is InChI=1S/C12H13Br2N3/c1-8(15)4-9-5-10(13)2-3-12(9)17-7-11(14)6-16-17/h2-3,5-8H,4,15H2,1H3. The van der Waals surface area contributed by atoms with Crippen LogP contribution in [0.4, 0.5) is 0 Å². The van der Waals surface area contributed by atoms with Crippen LogP contribution < -0.4 is 5.73 Å². The lowest BCUT2D eigenvalue weighted by Gasteiger charge is -2.12. The second kappa shape index (κ2) is 5.33. The van der Waals surface area contributed by atoms with Gasteiger partial charge < -0.3 is 5.73 Å². The molecule has 0 spiro atoms. The van der Waals surface area contributed by atoms with Crippen LogP contribution in [-0.2, 0) is 6.42 Å². The van der Waals surface area contributed by atoms with E-state index in [0.717, 1.165) is 21.1 Å². The summed E-state index contributed by atoms with van der Waals surface area (Å²) in [6.45, 7) is 2.00. The van der Waals surface area contributed by atoms with E-state index in [0.29, 0.717) is 0 Å². The quantitative estimate of drug-likeness (QED) is 0.914. The third-order valence-electron chi connectivity index (χ3n) is 2.38. The third-order valence-corrected chi connectivity index (χ3v) is 3.28. The average molecular weight is 359 g/mol. The van der Waals surface area contributed by atoms with Crippen LogP contribution in [0, 0.1) is 0 Å². The van der Waals surface area contributed by atoms with Gasteiger partial charge >= 0.3 is 0 Å². The van der Waals surface area contributed by atoms with E-state index in [9.17, 15) is 0 Å².